The number of H-pyrrole nitrogens is 1. The zero-order valence-electron chi connectivity index (χ0n) is 23.5. The second-order valence-corrected chi connectivity index (χ2v) is 12.2. The first-order valence-corrected chi connectivity index (χ1v) is 15.7. The number of carbonyl (C=O) groups excluding carboxylic acids is 2. The van der Waals surface area contributed by atoms with Gasteiger partial charge in [-0.25, -0.2) is 0 Å². The molecular formula is C29H40N5O5P. The average molecular weight is 570 g/mol. The quantitative estimate of drug-likeness (QED) is 0.264. The second-order valence-electron chi connectivity index (χ2n) is 10.1. The van der Waals surface area contributed by atoms with Crippen LogP contribution in [0.2, 0.25) is 0 Å². The summed E-state index contributed by atoms with van der Waals surface area (Å²) in [5, 5.41) is 6.78. The van der Waals surface area contributed by atoms with Crippen molar-refractivity contribution in [2.75, 3.05) is 32.5 Å². The van der Waals surface area contributed by atoms with E-state index < -0.39 is 19.7 Å². The first-order valence-electron chi connectivity index (χ1n) is 14.0. The van der Waals surface area contributed by atoms with E-state index in [-0.39, 0.29) is 23.9 Å². The Balaban J connectivity index is 1.40. The van der Waals surface area contributed by atoms with Crippen LogP contribution in [0.15, 0.2) is 54.9 Å². The van der Waals surface area contributed by atoms with Gasteiger partial charge in [0.25, 0.3) is 0 Å². The molecule has 2 aromatic heterocycles. The largest absolute Gasteiger partial charge is 0.357 e. The topological polar surface area (TPSA) is 126 Å². The summed E-state index contributed by atoms with van der Waals surface area (Å²) in [7, 11) is -3.25. The molecule has 0 bridgehead atoms. The van der Waals surface area contributed by atoms with Crippen molar-refractivity contribution < 1.29 is 23.2 Å². The molecule has 40 heavy (non-hydrogen) atoms. The molecule has 3 N–H and O–H groups in total. The van der Waals surface area contributed by atoms with Crippen LogP contribution < -0.4 is 10.6 Å². The van der Waals surface area contributed by atoms with Gasteiger partial charge in [0.15, 0.2) is 0 Å². The van der Waals surface area contributed by atoms with Gasteiger partial charge in [0.2, 0.25) is 11.8 Å². The lowest BCUT2D eigenvalue weighted by molar-refractivity contribution is -0.132. The van der Waals surface area contributed by atoms with Gasteiger partial charge in [0.1, 0.15) is 6.04 Å². The highest BCUT2D eigenvalue weighted by Crippen LogP contribution is 2.48. The van der Waals surface area contributed by atoms with Gasteiger partial charge in [-0.3, -0.25) is 24.0 Å². The number of rotatable bonds is 13. The molecule has 1 fully saturated rings. The second kappa shape index (κ2) is 14.0. The molecule has 1 aromatic carbocycles. The molecule has 1 aliphatic rings. The fraction of sp³-hybridized carbons (Fsp3) is 0.483. The number of likely N-dealkylation sites (tertiary alicyclic amines) is 1. The summed E-state index contributed by atoms with van der Waals surface area (Å²) in [6.45, 7) is 7.20. The van der Waals surface area contributed by atoms with E-state index in [9.17, 15) is 14.2 Å². The highest BCUT2D eigenvalue weighted by atomic mass is 31.2. The lowest BCUT2D eigenvalue weighted by Gasteiger charge is -2.39. The molecule has 3 atom stereocenters. The van der Waals surface area contributed by atoms with E-state index in [0.29, 0.717) is 39.3 Å². The van der Waals surface area contributed by atoms with E-state index in [1.807, 2.05) is 35.2 Å². The van der Waals surface area contributed by atoms with E-state index >= 15 is 0 Å². The first kappa shape index (κ1) is 29.9. The number of nitrogens with one attached hydrogen (secondary N) is 3. The first-order chi connectivity index (χ1) is 19.3. The van der Waals surface area contributed by atoms with Gasteiger partial charge in [-0.1, -0.05) is 30.3 Å². The molecule has 0 spiro atoms. The summed E-state index contributed by atoms with van der Waals surface area (Å²) >= 11 is 0. The standard InChI is InChI=1S/C29H40N5O5P/c1-4-38-40(37,39-5-2)16-15-34-14-12-23(22-9-7-6-8-10-22)18-27(34)29(36)32-21(3)28(35)31-20-25-17-24-19-30-13-11-26(24)33-25/h6-11,13,17,19,21,23,27,33H,4-5,12,14-16,18,20H2,1-3H3,(H,31,35)(H,32,36)/t21-,23-,27+/m0/s1. The smallest absolute Gasteiger partial charge is 0.331 e. The highest BCUT2D eigenvalue weighted by Gasteiger charge is 2.36. The summed E-state index contributed by atoms with van der Waals surface area (Å²) in [4.78, 5) is 35.9. The van der Waals surface area contributed by atoms with Crippen molar-refractivity contribution in [3.05, 3.63) is 66.1 Å². The normalized spacial score (nSPS) is 18.9. The minimum Gasteiger partial charge on any atom is -0.357 e. The van der Waals surface area contributed by atoms with E-state index in [4.69, 9.17) is 9.05 Å². The molecule has 0 saturated carbocycles. The zero-order chi connectivity index (χ0) is 28.5. The fourth-order valence-electron chi connectivity index (χ4n) is 5.23. The summed E-state index contributed by atoms with van der Waals surface area (Å²) in [6, 6.07) is 12.8. The number of hydrogen-bond acceptors (Lipinski definition) is 7. The van der Waals surface area contributed by atoms with Gasteiger partial charge in [-0.2, -0.15) is 0 Å². The van der Waals surface area contributed by atoms with E-state index in [2.05, 4.69) is 32.7 Å². The molecule has 1 saturated heterocycles. The molecule has 3 aromatic rings. The number of aromatic amines is 1. The third-order valence-electron chi connectivity index (χ3n) is 7.28. The van der Waals surface area contributed by atoms with Crippen LogP contribution in [-0.2, 0) is 29.7 Å². The molecule has 4 rings (SSSR count). The Morgan fingerprint density at radius 2 is 1.93 bits per heavy atom. The molecule has 216 valence electrons. The van der Waals surface area contributed by atoms with Crippen molar-refractivity contribution in [2.24, 2.45) is 0 Å². The third-order valence-corrected chi connectivity index (χ3v) is 9.33. The minimum atomic E-state index is -3.25. The predicted molar refractivity (Wildman–Crippen MR) is 155 cm³/mol. The van der Waals surface area contributed by atoms with Gasteiger partial charge in [-0.15, -0.1) is 0 Å². The van der Waals surface area contributed by atoms with Crippen LogP contribution in [0.5, 0.6) is 0 Å². The molecule has 3 heterocycles. The van der Waals surface area contributed by atoms with Crippen molar-refractivity contribution in [2.45, 2.75) is 58.2 Å². The molecule has 0 aliphatic carbocycles. The Labute approximate surface area is 235 Å². The molecule has 11 heteroatoms. The molecule has 1 aliphatic heterocycles. The van der Waals surface area contributed by atoms with Gasteiger partial charge in [-0.05, 0) is 63.8 Å². The van der Waals surface area contributed by atoms with Crippen LogP contribution in [-0.4, -0.2) is 71.2 Å². The molecular weight excluding hydrogens is 529 g/mol. The number of fused-ring (bicyclic) bond motifs is 1. The summed E-state index contributed by atoms with van der Waals surface area (Å²) in [5.41, 5.74) is 2.99. The SMILES string of the molecule is CCOP(=O)(CCN1CC[C@H](c2ccccc2)C[C@@H]1C(=O)N[C@@H](C)C(=O)NCc1cc2cnccc2[nH]1)OCC. The number of piperidine rings is 1. The molecule has 0 radical (unpaired) electrons. The zero-order valence-corrected chi connectivity index (χ0v) is 24.4. The Hall–Kier alpha value is -3.04. The molecule has 10 nitrogen and oxygen atoms in total. The lowest BCUT2D eigenvalue weighted by Crippen LogP contribution is -2.55. The van der Waals surface area contributed by atoms with Crippen molar-refractivity contribution in [1.29, 1.82) is 0 Å². The molecule has 2 amide bonds. The van der Waals surface area contributed by atoms with Crippen molar-refractivity contribution in [3.63, 3.8) is 0 Å². The number of hydrogen-bond donors (Lipinski definition) is 3. The van der Waals surface area contributed by atoms with Gasteiger partial charge >= 0.3 is 7.60 Å². The van der Waals surface area contributed by atoms with Crippen LogP contribution in [0.25, 0.3) is 10.9 Å². The Kier molecular flexibility index (Phi) is 10.5. The van der Waals surface area contributed by atoms with Crippen LogP contribution in [0.4, 0.5) is 0 Å². The highest BCUT2D eigenvalue weighted by molar-refractivity contribution is 7.53. The summed E-state index contributed by atoms with van der Waals surface area (Å²) in [6.07, 6.45) is 5.14. The average Bonchev–Trinajstić information content (AvgIpc) is 3.38. The maximum atomic E-state index is 13.6. The van der Waals surface area contributed by atoms with E-state index in [1.165, 1.54) is 5.56 Å². The van der Waals surface area contributed by atoms with Gasteiger partial charge in [0, 0.05) is 35.5 Å². The van der Waals surface area contributed by atoms with E-state index in [1.54, 1.807) is 33.2 Å². The molecule has 0 unspecified atom stereocenters. The third kappa shape index (κ3) is 7.79. The Bertz CT molecular complexity index is 1270. The maximum absolute atomic E-state index is 13.6. The number of amides is 2. The Morgan fingerprint density at radius 3 is 2.62 bits per heavy atom. The summed E-state index contributed by atoms with van der Waals surface area (Å²) < 4.78 is 24.0. The number of aromatic nitrogens is 2. The Morgan fingerprint density at radius 1 is 1.18 bits per heavy atom. The van der Waals surface area contributed by atoms with Crippen molar-refractivity contribution in [1.82, 2.24) is 25.5 Å². The predicted octanol–water partition coefficient (Wildman–Crippen LogP) is 4.20. The van der Waals surface area contributed by atoms with Crippen molar-refractivity contribution in [3.8, 4) is 0 Å². The summed E-state index contributed by atoms with van der Waals surface area (Å²) in [5.74, 6) is -0.286. The van der Waals surface area contributed by atoms with E-state index in [0.717, 1.165) is 23.0 Å². The number of carbonyl (C=O) groups is 2. The number of benzene rings is 1. The van der Waals surface area contributed by atoms with Crippen molar-refractivity contribution >= 4 is 30.3 Å². The van der Waals surface area contributed by atoms with Gasteiger partial charge < -0.3 is 24.7 Å². The number of pyridine rings is 1. The lowest BCUT2D eigenvalue weighted by atomic mass is 9.85. The van der Waals surface area contributed by atoms with Crippen LogP contribution in [0.3, 0.4) is 0 Å². The minimum absolute atomic E-state index is 0.199. The van der Waals surface area contributed by atoms with Crippen LogP contribution in [0, 0.1) is 0 Å². The maximum Gasteiger partial charge on any atom is 0.331 e. The van der Waals surface area contributed by atoms with Crippen LogP contribution >= 0.6 is 7.60 Å². The monoisotopic (exact) mass is 569 g/mol. The van der Waals surface area contributed by atoms with Gasteiger partial charge in [0.05, 0.1) is 32.0 Å². The van der Waals surface area contributed by atoms with Crippen LogP contribution in [0.1, 0.15) is 50.8 Å². The number of nitrogens with zero attached hydrogens (tertiary/aromatic N) is 2. The fourth-order valence-corrected chi connectivity index (χ4v) is 6.85.